The Bertz CT molecular complexity index is 5010. The predicted octanol–water partition coefficient (Wildman–Crippen LogP) is 19.6. The Kier molecular flexibility index (Phi) is 58.9. The van der Waals surface area contributed by atoms with Crippen molar-refractivity contribution in [3.63, 3.8) is 0 Å². The van der Waals surface area contributed by atoms with Gasteiger partial charge < -0.3 is 82.7 Å². The van der Waals surface area contributed by atoms with E-state index in [0.717, 1.165) is 55.4 Å². The summed E-state index contributed by atoms with van der Waals surface area (Å²) in [6.45, 7) is 60.0. The van der Waals surface area contributed by atoms with E-state index in [1.807, 2.05) is 227 Å². The van der Waals surface area contributed by atoms with E-state index in [-0.39, 0.29) is 107 Å². The van der Waals surface area contributed by atoms with Crippen molar-refractivity contribution in [2.45, 2.75) is 349 Å². The van der Waals surface area contributed by atoms with E-state index < -0.39 is 112 Å². The molecule has 6 aromatic rings. The van der Waals surface area contributed by atoms with Crippen LogP contribution in [0.5, 0.6) is 0 Å². The number of hydroxylamine groups is 2. The maximum absolute atomic E-state index is 14.2. The van der Waals surface area contributed by atoms with Crippen LogP contribution in [0, 0.1) is 70.0 Å². The Morgan fingerprint density at radius 1 is 0.477 bits per heavy atom. The Labute approximate surface area is 895 Å². The third-order valence-electron chi connectivity index (χ3n) is 24.7. The van der Waals surface area contributed by atoms with Crippen molar-refractivity contribution in [2.75, 3.05) is 27.8 Å². The summed E-state index contributed by atoms with van der Waals surface area (Å²) in [5.74, 6) is -1.38. The number of Topliss-reactive ketones (excluding diaryl/α,β-unsaturated/α-hetero) is 2. The van der Waals surface area contributed by atoms with Gasteiger partial charge in [0.25, 0.3) is 11.8 Å². The van der Waals surface area contributed by atoms with Gasteiger partial charge in [-0.3, -0.25) is 33.6 Å². The highest BCUT2D eigenvalue weighted by Gasteiger charge is 2.70. The number of carbonyl (C=O) groups excluding carboxylic acids is 12. The van der Waals surface area contributed by atoms with Crippen LogP contribution in [0.2, 0.25) is 0 Å². The highest BCUT2D eigenvalue weighted by molar-refractivity contribution is 6.38. The van der Waals surface area contributed by atoms with Gasteiger partial charge in [-0.05, 0) is 213 Å². The Balaban J connectivity index is 0.000000907. The number of aliphatic imine (C=N–C) groups is 1. The number of urea groups is 1. The largest absolute Gasteiger partial charge is 0.444 e. The van der Waals surface area contributed by atoms with Crippen molar-refractivity contribution < 1.29 is 91.5 Å². The molecule has 2 aliphatic carbocycles. The number of aliphatic hydroxyl groups excluding tert-OH is 2. The fourth-order valence-corrected chi connectivity index (χ4v) is 15.8. The SMILES string of the molecule is CC(C)[C@@H](Cc1ccccc1)N=C=O.CC(C)[C@@H](Cc1ccccc1)NC(=O)N[C@H](C(=O)N1C[C@H]2[C@@H]([C@H]1C(=O)NC(CC1CC1)C(=O)C(N)=O)C2(C)C)C(C)(C)C.CC(C)[C@@H](Cc1ccccc1)NC(=O)OC(C)(C)C.CC(C)[C@H](N)Cc1ccccc1.CC(C)[C@H](NC(=O)OC(C)(C)C)C(=O)c1ccccc1.CC(C)[C@H](NC(=O)OC(C)(C)C)C(O)c1ccccc1.CO.CON(C)C(=O)C(NC(=O)OC(C)(C)C)C(C)C.Cl. The van der Waals surface area contributed by atoms with Crippen molar-refractivity contribution in [3.8, 4) is 0 Å². The quantitative estimate of drug-likeness (QED) is 0.00439. The zero-order valence-corrected chi connectivity index (χ0v) is 96.2. The number of nitrogens with two attached hydrogens (primary N) is 2. The summed E-state index contributed by atoms with van der Waals surface area (Å²) in [6.07, 6.45) is 4.35. The number of likely N-dealkylation sites (tertiary alicyclic amines) is 1. The molecule has 32 heteroatoms. The van der Waals surface area contributed by atoms with Gasteiger partial charge in [0, 0.05) is 44.4 Å². The predicted molar refractivity (Wildman–Crippen MR) is 593 cm³/mol. The minimum atomic E-state index is -1.08. The van der Waals surface area contributed by atoms with Crippen molar-refractivity contribution in [2.24, 2.45) is 86.5 Å². The van der Waals surface area contributed by atoms with E-state index in [1.54, 1.807) is 76.8 Å². The second kappa shape index (κ2) is 64.8. The summed E-state index contributed by atoms with van der Waals surface area (Å²) in [5, 5.41) is 38.2. The maximum Gasteiger partial charge on any atom is 0.408 e. The molecule has 0 aromatic heterocycles. The normalized spacial score (nSPS) is 16.3. The van der Waals surface area contributed by atoms with Crippen LogP contribution in [0.4, 0.5) is 24.0 Å². The fraction of sp³-hybridized carbons (Fsp3) is 0.590. The van der Waals surface area contributed by atoms with Crippen LogP contribution in [-0.4, -0.2) is 202 Å². The topological polar surface area (TPSA) is 447 Å². The number of aliphatic hydroxyl groups is 2. The molecule has 149 heavy (non-hydrogen) atoms. The maximum atomic E-state index is 14.2. The molecule has 1 aliphatic heterocycles. The Morgan fingerprint density at radius 3 is 1.19 bits per heavy atom. The molecule has 9 rings (SSSR count). The molecule has 3 fully saturated rings. The van der Waals surface area contributed by atoms with Crippen LogP contribution in [0.15, 0.2) is 187 Å². The Morgan fingerprint density at radius 2 is 0.846 bits per heavy atom. The van der Waals surface area contributed by atoms with E-state index in [0.29, 0.717) is 42.7 Å². The lowest BCUT2D eigenvalue weighted by Crippen LogP contribution is -2.62. The van der Waals surface area contributed by atoms with Crippen molar-refractivity contribution in [3.05, 3.63) is 215 Å². The molecule has 31 nitrogen and oxygen atoms in total. The van der Waals surface area contributed by atoms with E-state index in [2.05, 4.69) is 146 Å². The molecule has 0 radical (unpaired) electrons. The number of halogens is 1. The van der Waals surface area contributed by atoms with Crippen molar-refractivity contribution in [1.29, 1.82) is 0 Å². The molecule has 1 heterocycles. The van der Waals surface area contributed by atoms with E-state index in [1.165, 1.54) is 30.8 Å². The van der Waals surface area contributed by atoms with E-state index >= 15 is 0 Å². The minimum absolute atomic E-state index is 0. The third kappa shape index (κ3) is 52.6. The Hall–Kier alpha value is -11.6. The summed E-state index contributed by atoms with van der Waals surface area (Å²) < 4.78 is 20.9. The first-order valence-electron chi connectivity index (χ1n) is 51.8. The van der Waals surface area contributed by atoms with Gasteiger partial charge in [-0.15, -0.1) is 12.4 Å². The average molecular weight is 2100 g/mol. The standard InChI is InChI=1S/C33H49N5O5.C16H25NO3.C16H23NO3.C16H25NO2.C12H24N2O4.C12H15NO.C11H17N.CH4O.ClH/c1-18(2)22(15-19-11-9-8-10-12-19)36-31(43)37-27(32(3,4)5)30(42)38-17-21-24(33(21,6)7)25(38)29(41)35-23(16-20-13-14-20)26(39)28(34)40;2*1-11(2)13(17-15(19)20-16(3,4)5)14(18)12-9-7-6-8-10-12;1-12(2)14(11-13-9-7-6-8-10-13)17-15(18)19-16(3,4)5;1-8(2)9(10(15)14(6)17-7)13-11(16)18-12(3,4)5;1-10(2)12(13-9-14)8-11-6-4-3-5-7-11;1-9(2)11(12)8-10-6-4-3-5-7-10;1-2;/h8-12,18,20-25,27H,13-17H2,1-7H3,(H2,34,40)(H,35,41)(H2,36,37,43);6-11,13-14,18H,1-5H3,(H,17,19);6-11,13H,1-5H3,(H,17,19);6-10,12,14H,11H2,1-5H3,(H,17,18);8-9H,1-7H3,(H,13,16);3-7,10,12H,8H2,1-2H3;3-7,9,11H,8,12H2,1-2H3;2H,1H3;1H/t21-,22+,23?,24-,25-,27+;13-,14?;13-;14-;;12-;11-;;/m0001.11../s1. The number of rotatable bonds is 35. The molecule has 2 saturated carbocycles. The molecule has 13 atom stereocenters. The van der Waals surface area contributed by atoms with E-state index in [4.69, 9.17) is 40.4 Å². The molecule has 832 valence electrons. The summed E-state index contributed by atoms with van der Waals surface area (Å²) >= 11 is 0. The van der Waals surface area contributed by atoms with Gasteiger partial charge in [0.15, 0.2) is 5.78 Å². The highest BCUT2D eigenvalue weighted by Crippen LogP contribution is 2.65. The molecule has 1 saturated heterocycles. The first-order valence-corrected chi connectivity index (χ1v) is 51.8. The number of nitrogens with zero attached hydrogens (tertiary/aromatic N) is 3. The second-order valence-electron chi connectivity index (χ2n) is 46.1. The molecule has 0 bridgehead atoms. The van der Waals surface area contributed by atoms with Crippen molar-refractivity contribution >= 4 is 84.1 Å². The number of ketones is 2. The third-order valence-corrected chi connectivity index (χ3v) is 24.7. The molecule has 0 spiro atoms. The lowest BCUT2D eigenvalue weighted by Gasteiger charge is -2.38. The smallest absolute Gasteiger partial charge is 0.408 e. The number of carbonyl (C=O) groups is 11. The number of hydrogen-bond acceptors (Lipinski definition) is 21. The highest BCUT2D eigenvalue weighted by atomic mass is 35.5. The monoisotopic (exact) mass is 2100 g/mol. The van der Waals surface area contributed by atoms with Crippen molar-refractivity contribution in [1.82, 2.24) is 47.2 Å². The number of primary amides is 1. The van der Waals surface area contributed by atoms with Gasteiger partial charge >= 0.3 is 30.4 Å². The average Bonchev–Trinajstić information content (AvgIpc) is 1.52. The first kappa shape index (κ1) is 135. The number of ether oxygens (including phenoxy) is 4. The molecule has 3 unspecified atom stereocenters. The number of piperidine rings is 1. The van der Waals surface area contributed by atoms with Gasteiger partial charge in [-0.2, -0.15) is 0 Å². The zero-order valence-electron chi connectivity index (χ0n) is 95.3. The van der Waals surface area contributed by atoms with Gasteiger partial charge in [0.2, 0.25) is 23.7 Å². The number of hydrogen-bond donors (Lipinski definition) is 11. The number of amides is 10. The number of isocyanates is 1. The number of fused-ring (bicyclic) bond motifs is 1. The van der Waals surface area contributed by atoms with Crippen LogP contribution in [0.25, 0.3) is 0 Å². The minimum Gasteiger partial charge on any atom is -0.444 e. The lowest BCUT2D eigenvalue weighted by molar-refractivity contribution is -0.172. The summed E-state index contributed by atoms with van der Waals surface area (Å²) in [4.78, 5) is 158. The number of nitrogens with one attached hydrogen (secondary N) is 7. The second-order valence-corrected chi connectivity index (χ2v) is 46.1. The van der Waals surface area contributed by atoms with Gasteiger partial charge in [0.05, 0.1) is 37.4 Å². The molecule has 3 aliphatic rings. The van der Waals surface area contributed by atoms with Gasteiger partial charge in [-0.1, -0.05) is 326 Å². The fourth-order valence-electron chi connectivity index (χ4n) is 15.8. The first-order chi connectivity index (χ1) is 68.7. The van der Waals surface area contributed by atoms with Crippen LogP contribution >= 0.6 is 12.4 Å². The molecule has 10 amide bonds. The number of alkyl carbamates (subject to hydrolysis) is 4. The van der Waals surface area contributed by atoms with Crippen LogP contribution < -0.4 is 48.7 Å². The molecular weight excluding hydrogens is 1910 g/mol. The molecule has 13 N–H and O–H groups in total. The van der Waals surface area contributed by atoms with Crippen LogP contribution in [0.3, 0.4) is 0 Å². The summed E-state index contributed by atoms with van der Waals surface area (Å²) in [7, 11) is 3.89. The summed E-state index contributed by atoms with van der Waals surface area (Å²) in [6, 6.07) is 54.3. The number of benzene rings is 6. The zero-order chi connectivity index (χ0) is 113. The van der Waals surface area contributed by atoms with Crippen LogP contribution in [-0.2, 0) is 78.2 Å². The van der Waals surface area contributed by atoms with Gasteiger partial charge in [-0.25, -0.2) is 38.8 Å². The van der Waals surface area contributed by atoms with E-state index in [9.17, 15) is 62.6 Å². The van der Waals surface area contributed by atoms with Gasteiger partial charge in [0.1, 0.15) is 40.5 Å². The molecular formula is C117H183ClN12O19. The summed E-state index contributed by atoms with van der Waals surface area (Å²) in [5.41, 5.74) is 14.5. The van der Waals surface area contributed by atoms with Crippen LogP contribution in [0.1, 0.15) is 278 Å². The number of likely N-dealkylation sites (N-methyl/N-ethyl adjacent to an activating group) is 1. The lowest BCUT2D eigenvalue weighted by atomic mass is 9.85. The molecule has 6 aromatic carbocycles.